The van der Waals surface area contributed by atoms with Gasteiger partial charge in [-0.2, -0.15) is 5.26 Å². The molecule has 0 saturated carbocycles. The summed E-state index contributed by atoms with van der Waals surface area (Å²) in [5, 5.41) is 13.4. The van der Waals surface area contributed by atoms with Crippen molar-refractivity contribution in [1.82, 2.24) is 14.6 Å². The lowest BCUT2D eigenvalue weighted by atomic mass is 10.2. The number of rotatable bonds is 4. The van der Waals surface area contributed by atoms with E-state index in [2.05, 4.69) is 15.6 Å². The molecule has 1 aliphatic rings. The van der Waals surface area contributed by atoms with Crippen molar-refractivity contribution >= 4 is 27.6 Å². The zero-order chi connectivity index (χ0) is 20.5. The van der Waals surface area contributed by atoms with Crippen LogP contribution in [0.25, 0.3) is 0 Å². The van der Waals surface area contributed by atoms with Gasteiger partial charge in [0.1, 0.15) is 23.3 Å². The number of aromatic nitrogens is 1. The van der Waals surface area contributed by atoms with Crippen LogP contribution >= 0.6 is 0 Å². The zero-order valence-electron chi connectivity index (χ0n) is 14.6. The number of nitrogens with zero attached hydrogens (tertiary/aromatic N) is 3. The van der Waals surface area contributed by atoms with Gasteiger partial charge in [-0.05, 0) is 24.6 Å². The summed E-state index contributed by atoms with van der Waals surface area (Å²) < 4.78 is 39.7. The Bertz CT molecular complexity index is 1130. The van der Waals surface area contributed by atoms with Gasteiger partial charge in [0, 0.05) is 6.20 Å². The Kier molecular flexibility index (Phi) is 4.98. The lowest BCUT2D eigenvalue weighted by molar-refractivity contribution is -0.121. The lowest BCUT2D eigenvalue weighted by Gasteiger charge is -2.29. The first kappa shape index (κ1) is 19.2. The number of hydrogen-bond acceptors (Lipinski definition) is 6. The number of nitrogens with one attached hydrogen (secondary N) is 2. The maximum absolute atomic E-state index is 13.8. The molecule has 2 aromatic rings. The highest BCUT2D eigenvalue weighted by Crippen LogP contribution is 2.32. The third kappa shape index (κ3) is 3.49. The van der Waals surface area contributed by atoms with Gasteiger partial charge < -0.3 is 10.6 Å². The van der Waals surface area contributed by atoms with Crippen LogP contribution in [0.5, 0.6) is 0 Å². The summed E-state index contributed by atoms with van der Waals surface area (Å²) in [5.74, 6) is -1.60. The summed E-state index contributed by atoms with van der Waals surface area (Å²) in [5.41, 5.74) is 0.467. The number of amides is 3. The molecule has 9 nitrogen and oxygen atoms in total. The minimum atomic E-state index is -4.22. The largest absolute Gasteiger partial charge is 0.349 e. The van der Waals surface area contributed by atoms with Crippen molar-refractivity contribution in [3.8, 4) is 6.07 Å². The van der Waals surface area contributed by atoms with Gasteiger partial charge in [0.25, 0.3) is 10.0 Å². The second-order valence-electron chi connectivity index (χ2n) is 5.93. The predicted molar refractivity (Wildman–Crippen MR) is 94.8 cm³/mol. The Morgan fingerprint density at radius 1 is 1.43 bits per heavy atom. The van der Waals surface area contributed by atoms with Crippen molar-refractivity contribution in [2.75, 3.05) is 11.9 Å². The van der Waals surface area contributed by atoms with Crippen LogP contribution in [0.2, 0.25) is 0 Å². The van der Waals surface area contributed by atoms with Crippen LogP contribution in [-0.2, 0) is 21.4 Å². The van der Waals surface area contributed by atoms with E-state index in [4.69, 9.17) is 5.26 Å². The monoisotopic (exact) mass is 403 g/mol. The highest BCUT2D eigenvalue weighted by atomic mass is 32.2. The van der Waals surface area contributed by atoms with E-state index < -0.39 is 34.3 Å². The minimum absolute atomic E-state index is 0.0256. The number of benzene rings is 1. The van der Waals surface area contributed by atoms with Crippen LogP contribution in [0.1, 0.15) is 16.8 Å². The first-order chi connectivity index (χ1) is 13.2. The Hall–Kier alpha value is -3.52. The summed E-state index contributed by atoms with van der Waals surface area (Å²) in [6.07, 6.45) is 1.15. The van der Waals surface area contributed by atoms with Crippen LogP contribution < -0.4 is 10.6 Å². The molecule has 1 aromatic heterocycles. The summed E-state index contributed by atoms with van der Waals surface area (Å²) in [7, 11) is -4.22. The molecule has 0 unspecified atom stereocenters. The second kappa shape index (κ2) is 7.24. The molecule has 0 spiro atoms. The molecule has 1 aliphatic heterocycles. The summed E-state index contributed by atoms with van der Waals surface area (Å²) >= 11 is 0. The molecule has 2 heterocycles. The molecule has 0 fully saturated rings. The Labute approximate surface area is 159 Å². The highest BCUT2D eigenvalue weighted by Gasteiger charge is 2.38. The number of halogens is 1. The minimum Gasteiger partial charge on any atom is -0.349 e. The fraction of sp³-hybridized carbons (Fsp3) is 0.176. The number of pyridine rings is 1. The van der Waals surface area contributed by atoms with Gasteiger partial charge in [-0.3, -0.25) is 9.78 Å². The quantitative estimate of drug-likeness (QED) is 0.790. The normalized spacial score (nSPS) is 14.6. The number of carbonyl (C=O) groups is 2. The SMILES string of the molecule is Cc1cccc2c1S(=O)(=O)N(CC(=O)NCc1ncc(C#N)cc1F)C(=O)N2. The van der Waals surface area contributed by atoms with Gasteiger partial charge in [0.15, 0.2) is 0 Å². The maximum Gasteiger partial charge on any atom is 0.336 e. The van der Waals surface area contributed by atoms with Gasteiger partial charge in [0.05, 0.1) is 23.5 Å². The summed E-state index contributed by atoms with van der Waals surface area (Å²) in [6, 6.07) is 6.37. The number of aryl methyl sites for hydroxylation is 1. The van der Waals surface area contributed by atoms with Crippen molar-refractivity contribution in [3.05, 3.63) is 53.1 Å². The molecule has 0 bridgehead atoms. The molecule has 0 atom stereocenters. The third-order valence-electron chi connectivity index (χ3n) is 4.01. The lowest BCUT2D eigenvalue weighted by Crippen LogP contribution is -2.48. The summed E-state index contributed by atoms with van der Waals surface area (Å²) in [6.45, 7) is 0.465. The van der Waals surface area contributed by atoms with E-state index >= 15 is 0 Å². The smallest absolute Gasteiger partial charge is 0.336 e. The van der Waals surface area contributed by atoms with Gasteiger partial charge in [0.2, 0.25) is 5.91 Å². The molecular weight excluding hydrogens is 389 g/mol. The van der Waals surface area contributed by atoms with E-state index in [1.54, 1.807) is 25.1 Å². The van der Waals surface area contributed by atoms with Crippen LogP contribution in [0.15, 0.2) is 35.4 Å². The number of carbonyl (C=O) groups excluding carboxylic acids is 2. The van der Waals surface area contributed by atoms with E-state index in [0.717, 1.165) is 12.3 Å². The zero-order valence-corrected chi connectivity index (χ0v) is 15.4. The molecule has 144 valence electrons. The molecule has 11 heteroatoms. The number of fused-ring (bicyclic) bond motifs is 1. The predicted octanol–water partition coefficient (Wildman–Crippen LogP) is 1.25. The number of sulfonamides is 1. The molecule has 0 saturated heterocycles. The van der Waals surface area contributed by atoms with Gasteiger partial charge in [-0.1, -0.05) is 12.1 Å². The van der Waals surface area contributed by atoms with E-state index in [-0.39, 0.29) is 28.4 Å². The first-order valence-corrected chi connectivity index (χ1v) is 9.42. The van der Waals surface area contributed by atoms with Crippen LogP contribution in [-0.4, -0.2) is 36.2 Å². The fourth-order valence-corrected chi connectivity index (χ4v) is 4.32. The Morgan fingerprint density at radius 3 is 2.86 bits per heavy atom. The second-order valence-corrected chi connectivity index (χ2v) is 7.73. The van der Waals surface area contributed by atoms with Crippen molar-refractivity contribution in [2.24, 2.45) is 0 Å². The van der Waals surface area contributed by atoms with Crippen molar-refractivity contribution < 1.29 is 22.4 Å². The average molecular weight is 403 g/mol. The number of hydrogen-bond donors (Lipinski definition) is 2. The van der Waals surface area contributed by atoms with Crippen molar-refractivity contribution in [2.45, 2.75) is 18.4 Å². The number of nitriles is 1. The van der Waals surface area contributed by atoms with E-state index in [1.165, 1.54) is 6.07 Å². The topological polar surface area (TPSA) is 132 Å². The molecular formula is C17H14FN5O4S. The van der Waals surface area contributed by atoms with Crippen LogP contribution in [0.3, 0.4) is 0 Å². The molecule has 3 rings (SSSR count). The molecule has 0 aliphatic carbocycles. The average Bonchev–Trinajstić information content (AvgIpc) is 2.63. The molecule has 1 aromatic carbocycles. The van der Waals surface area contributed by atoms with E-state index in [9.17, 15) is 22.4 Å². The Balaban J connectivity index is 1.75. The van der Waals surface area contributed by atoms with Crippen LogP contribution in [0.4, 0.5) is 14.9 Å². The Morgan fingerprint density at radius 2 is 2.18 bits per heavy atom. The van der Waals surface area contributed by atoms with Crippen LogP contribution in [0, 0.1) is 24.1 Å². The summed E-state index contributed by atoms with van der Waals surface area (Å²) in [4.78, 5) is 28.0. The van der Waals surface area contributed by atoms with Gasteiger partial charge in [-0.25, -0.2) is 21.9 Å². The first-order valence-electron chi connectivity index (χ1n) is 7.98. The maximum atomic E-state index is 13.8. The third-order valence-corrected chi connectivity index (χ3v) is 5.95. The number of urea groups is 1. The van der Waals surface area contributed by atoms with Crippen molar-refractivity contribution in [3.63, 3.8) is 0 Å². The highest BCUT2D eigenvalue weighted by molar-refractivity contribution is 7.90. The van der Waals surface area contributed by atoms with Crippen molar-refractivity contribution in [1.29, 1.82) is 5.26 Å². The molecule has 2 N–H and O–H groups in total. The van der Waals surface area contributed by atoms with Gasteiger partial charge in [-0.15, -0.1) is 0 Å². The number of anilines is 1. The van der Waals surface area contributed by atoms with E-state index in [0.29, 0.717) is 9.87 Å². The molecule has 28 heavy (non-hydrogen) atoms. The van der Waals surface area contributed by atoms with E-state index in [1.807, 2.05) is 0 Å². The fourth-order valence-electron chi connectivity index (χ4n) is 2.67. The van der Waals surface area contributed by atoms with Gasteiger partial charge >= 0.3 is 6.03 Å². The molecule has 3 amide bonds. The standard InChI is InChI=1S/C17H14FN5O4S/c1-10-3-2-4-13-16(10)28(26,27)23(17(25)22-13)9-15(24)21-8-14-12(18)5-11(6-19)7-20-14/h2-5,7H,8-9H2,1H3,(H,21,24)(H,22,25). The molecule has 0 radical (unpaired) electrons.